The number of methoxy groups -OCH3 is 1. The first-order valence-electron chi connectivity index (χ1n) is 6.31. The smallest absolute Gasteiger partial charge is 0.0634 e. The molecule has 0 saturated heterocycles. The fourth-order valence-corrected chi connectivity index (χ4v) is 1.23. The van der Waals surface area contributed by atoms with Gasteiger partial charge in [0.2, 0.25) is 0 Å². The van der Waals surface area contributed by atoms with Crippen molar-refractivity contribution in [1.29, 1.82) is 0 Å². The molecule has 0 aromatic rings. The summed E-state index contributed by atoms with van der Waals surface area (Å²) in [5.74, 6) is 0.635. The van der Waals surface area contributed by atoms with Gasteiger partial charge in [-0.3, -0.25) is 0 Å². The SMILES string of the molecule is COC(C)(C)CCNCCCOCC(C)C. The lowest BCUT2D eigenvalue weighted by atomic mass is 10.1. The minimum absolute atomic E-state index is 0.0128. The van der Waals surface area contributed by atoms with Crippen molar-refractivity contribution >= 4 is 0 Å². The van der Waals surface area contributed by atoms with Gasteiger partial charge < -0.3 is 14.8 Å². The van der Waals surface area contributed by atoms with Crippen molar-refractivity contribution < 1.29 is 9.47 Å². The average Bonchev–Trinajstić information content (AvgIpc) is 2.21. The van der Waals surface area contributed by atoms with Crippen LogP contribution in [-0.4, -0.2) is 39.0 Å². The summed E-state index contributed by atoms with van der Waals surface area (Å²) in [7, 11) is 1.76. The average molecular weight is 231 g/mol. The molecule has 0 aromatic heterocycles. The second kappa shape index (κ2) is 8.97. The molecule has 0 aliphatic rings. The van der Waals surface area contributed by atoms with Crippen LogP contribution in [0.5, 0.6) is 0 Å². The van der Waals surface area contributed by atoms with Crippen molar-refractivity contribution in [2.45, 2.75) is 46.1 Å². The largest absolute Gasteiger partial charge is 0.381 e. The van der Waals surface area contributed by atoms with Gasteiger partial charge in [-0.15, -0.1) is 0 Å². The van der Waals surface area contributed by atoms with Crippen LogP contribution < -0.4 is 5.32 Å². The van der Waals surface area contributed by atoms with Gasteiger partial charge >= 0.3 is 0 Å². The quantitative estimate of drug-likeness (QED) is 0.586. The number of rotatable bonds is 10. The molecule has 0 fully saturated rings. The van der Waals surface area contributed by atoms with E-state index in [1.165, 1.54) is 0 Å². The van der Waals surface area contributed by atoms with Gasteiger partial charge in [-0.1, -0.05) is 13.8 Å². The van der Waals surface area contributed by atoms with Crippen LogP contribution in [-0.2, 0) is 9.47 Å². The molecule has 0 rings (SSSR count). The molecule has 0 aromatic carbocycles. The Morgan fingerprint density at radius 1 is 1.19 bits per heavy atom. The predicted octanol–water partition coefficient (Wildman–Crippen LogP) is 2.45. The fourth-order valence-electron chi connectivity index (χ4n) is 1.23. The molecule has 0 aliphatic heterocycles. The third kappa shape index (κ3) is 10.4. The van der Waals surface area contributed by atoms with E-state index in [0.29, 0.717) is 5.92 Å². The van der Waals surface area contributed by atoms with Crippen molar-refractivity contribution in [1.82, 2.24) is 5.32 Å². The van der Waals surface area contributed by atoms with Crippen LogP contribution in [0.4, 0.5) is 0 Å². The van der Waals surface area contributed by atoms with Crippen molar-refractivity contribution in [3.05, 3.63) is 0 Å². The molecular formula is C13H29NO2. The molecule has 0 spiro atoms. The number of nitrogens with one attached hydrogen (secondary N) is 1. The van der Waals surface area contributed by atoms with Gasteiger partial charge in [0, 0.05) is 20.3 Å². The first-order valence-corrected chi connectivity index (χ1v) is 6.31. The molecule has 0 unspecified atom stereocenters. The first kappa shape index (κ1) is 15.9. The molecule has 1 N–H and O–H groups in total. The van der Waals surface area contributed by atoms with Crippen LogP contribution in [0.15, 0.2) is 0 Å². The Hall–Kier alpha value is -0.120. The molecule has 3 nitrogen and oxygen atoms in total. The zero-order valence-corrected chi connectivity index (χ0v) is 11.6. The monoisotopic (exact) mass is 231 g/mol. The Morgan fingerprint density at radius 2 is 1.88 bits per heavy atom. The second-order valence-corrected chi connectivity index (χ2v) is 5.29. The lowest BCUT2D eigenvalue weighted by Gasteiger charge is -2.22. The Balaban J connectivity index is 3.16. The van der Waals surface area contributed by atoms with Gasteiger partial charge in [0.15, 0.2) is 0 Å². The maximum absolute atomic E-state index is 5.50. The van der Waals surface area contributed by atoms with Crippen molar-refractivity contribution in [2.75, 3.05) is 33.4 Å². The summed E-state index contributed by atoms with van der Waals surface area (Å²) < 4.78 is 10.8. The third-order valence-electron chi connectivity index (χ3n) is 2.55. The summed E-state index contributed by atoms with van der Waals surface area (Å²) in [6, 6.07) is 0. The van der Waals surface area contributed by atoms with Gasteiger partial charge in [-0.05, 0) is 45.7 Å². The Morgan fingerprint density at radius 3 is 2.44 bits per heavy atom. The number of hydrogen-bond acceptors (Lipinski definition) is 3. The molecule has 0 aliphatic carbocycles. The normalized spacial score (nSPS) is 12.4. The van der Waals surface area contributed by atoms with Crippen LogP contribution in [0, 0.1) is 5.92 Å². The van der Waals surface area contributed by atoms with E-state index in [1.807, 2.05) is 0 Å². The second-order valence-electron chi connectivity index (χ2n) is 5.29. The Labute approximate surface area is 101 Å². The summed E-state index contributed by atoms with van der Waals surface area (Å²) in [6.45, 7) is 12.3. The molecular weight excluding hydrogens is 202 g/mol. The minimum atomic E-state index is -0.0128. The van der Waals surface area contributed by atoms with Crippen LogP contribution in [0.3, 0.4) is 0 Å². The third-order valence-corrected chi connectivity index (χ3v) is 2.55. The van der Waals surface area contributed by atoms with Crippen LogP contribution in [0.25, 0.3) is 0 Å². The highest BCUT2D eigenvalue weighted by Gasteiger charge is 2.14. The van der Waals surface area contributed by atoms with Gasteiger partial charge in [-0.2, -0.15) is 0 Å². The zero-order valence-electron chi connectivity index (χ0n) is 11.6. The molecule has 0 saturated carbocycles. The van der Waals surface area contributed by atoms with Crippen molar-refractivity contribution in [3.8, 4) is 0 Å². The predicted molar refractivity (Wildman–Crippen MR) is 68.8 cm³/mol. The van der Waals surface area contributed by atoms with Crippen LogP contribution >= 0.6 is 0 Å². The van der Waals surface area contributed by atoms with E-state index >= 15 is 0 Å². The summed E-state index contributed by atoms with van der Waals surface area (Å²) in [5, 5.41) is 3.40. The van der Waals surface area contributed by atoms with Crippen LogP contribution in [0.2, 0.25) is 0 Å². The topological polar surface area (TPSA) is 30.5 Å². The molecule has 16 heavy (non-hydrogen) atoms. The van der Waals surface area contributed by atoms with E-state index in [-0.39, 0.29) is 5.60 Å². The van der Waals surface area contributed by atoms with Crippen LogP contribution in [0.1, 0.15) is 40.5 Å². The van der Waals surface area contributed by atoms with Gasteiger partial charge in [0.1, 0.15) is 0 Å². The van der Waals surface area contributed by atoms with E-state index in [9.17, 15) is 0 Å². The lowest BCUT2D eigenvalue weighted by molar-refractivity contribution is 0.0158. The molecule has 98 valence electrons. The minimum Gasteiger partial charge on any atom is -0.381 e. The molecule has 3 heteroatoms. The molecule has 0 atom stereocenters. The highest BCUT2D eigenvalue weighted by Crippen LogP contribution is 2.11. The standard InChI is InChI=1S/C13H29NO2/c1-12(2)11-16-10-6-8-14-9-7-13(3,4)15-5/h12,14H,6-11H2,1-5H3. The summed E-state index contributed by atoms with van der Waals surface area (Å²) >= 11 is 0. The summed E-state index contributed by atoms with van der Waals surface area (Å²) in [4.78, 5) is 0. The number of hydrogen-bond donors (Lipinski definition) is 1. The van der Waals surface area contributed by atoms with Gasteiger partial charge in [0.05, 0.1) is 5.60 Å². The Kier molecular flexibility index (Phi) is 8.90. The van der Waals surface area contributed by atoms with E-state index in [0.717, 1.165) is 39.1 Å². The molecule has 0 amide bonds. The zero-order chi connectivity index (χ0) is 12.4. The summed E-state index contributed by atoms with van der Waals surface area (Å²) in [5.41, 5.74) is -0.0128. The molecule has 0 bridgehead atoms. The van der Waals surface area contributed by atoms with Crippen molar-refractivity contribution in [3.63, 3.8) is 0 Å². The highest BCUT2D eigenvalue weighted by atomic mass is 16.5. The van der Waals surface area contributed by atoms with E-state index in [1.54, 1.807) is 7.11 Å². The Bertz CT molecular complexity index is 158. The van der Waals surface area contributed by atoms with E-state index in [2.05, 4.69) is 33.0 Å². The van der Waals surface area contributed by atoms with E-state index < -0.39 is 0 Å². The fraction of sp³-hybridized carbons (Fsp3) is 1.00. The molecule has 0 radical (unpaired) electrons. The maximum atomic E-state index is 5.50. The van der Waals surface area contributed by atoms with Crippen molar-refractivity contribution in [2.24, 2.45) is 5.92 Å². The van der Waals surface area contributed by atoms with Gasteiger partial charge in [-0.25, -0.2) is 0 Å². The van der Waals surface area contributed by atoms with E-state index in [4.69, 9.17) is 9.47 Å². The number of ether oxygens (including phenoxy) is 2. The molecule has 0 heterocycles. The lowest BCUT2D eigenvalue weighted by Crippen LogP contribution is -2.29. The summed E-state index contributed by atoms with van der Waals surface area (Å²) in [6.07, 6.45) is 2.12. The highest BCUT2D eigenvalue weighted by molar-refractivity contribution is 4.68. The maximum Gasteiger partial charge on any atom is 0.0634 e. The van der Waals surface area contributed by atoms with Gasteiger partial charge in [0.25, 0.3) is 0 Å². The first-order chi connectivity index (χ1) is 7.48.